The first-order valence-electron chi connectivity index (χ1n) is 4.67. The van der Waals surface area contributed by atoms with Gasteiger partial charge in [-0.25, -0.2) is 0 Å². The van der Waals surface area contributed by atoms with Gasteiger partial charge in [0.2, 0.25) is 5.91 Å². The summed E-state index contributed by atoms with van der Waals surface area (Å²) in [4.78, 5) is 11.1. The van der Waals surface area contributed by atoms with Gasteiger partial charge in [-0.3, -0.25) is 4.79 Å². The highest BCUT2D eigenvalue weighted by Crippen LogP contribution is 2.19. The number of hydrogen-bond donors (Lipinski definition) is 5. The van der Waals surface area contributed by atoms with Crippen molar-refractivity contribution in [1.82, 2.24) is 5.32 Å². The summed E-state index contributed by atoms with van der Waals surface area (Å²) in [5.41, 5.74) is 0. The molecule has 1 fully saturated rings. The van der Waals surface area contributed by atoms with Gasteiger partial charge in [-0.15, -0.1) is 0 Å². The Kier molecular flexibility index (Phi) is 5.09. The van der Waals surface area contributed by atoms with Crippen molar-refractivity contribution in [2.24, 2.45) is 0 Å². The highest BCUT2D eigenvalue weighted by atomic mass is 79.9. The van der Waals surface area contributed by atoms with Gasteiger partial charge in [-0.1, -0.05) is 15.9 Å². The molecule has 94 valence electrons. The van der Waals surface area contributed by atoms with Gasteiger partial charge in [-0.05, 0) is 0 Å². The van der Waals surface area contributed by atoms with Gasteiger partial charge >= 0.3 is 0 Å². The Morgan fingerprint density at radius 2 is 1.94 bits per heavy atom. The van der Waals surface area contributed by atoms with E-state index in [9.17, 15) is 20.1 Å². The van der Waals surface area contributed by atoms with Crippen molar-refractivity contribution in [3.63, 3.8) is 0 Å². The number of aliphatic hydroxyl groups excluding tert-OH is 4. The molecule has 16 heavy (non-hydrogen) atoms. The average molecular weight is 300 g/mol. The summed E-state index contributed by atoms with van der Waals surface area (Å²) in [6.07, 6.45) is -5.31. The Balaban J connectivity index is 2.67. The molecule has 0 unspecified atom stereocenters. The second kappa shape index (κ2) is 5.89. The molecule has 5 N–H and O–H groups in total. The minimum atomic E-state index is -1.47. The lowest BCUT2D eigenvalue weighted by Gasteiger charge is -2.40. The van der Waals surface area contributed by atoms with Crippen molar-refractivity contribution in [1.29, 1.82) is 0 Å². The number of aliphatic hydroxyl groups is 4. The molecule has 7 nitrogen and oxygen atoms in total. The van der Waals surface area contributed by atoms with Crippen molar-refractivity contribution in [3.8, 4) is 0 Å². The topological polar surface area (TPSA) is 119 Å². The van der Waals surface area contributed by atoms with Crippen LogP contribution in [-0.4, -0.2) is 68.9 Å². The fourth-order valence-electron chi connectivity index (χ4n) is 1.48. The Morgan fingerprint density at radius 1 is 1.31 bits per heavy atom. The number of rotatable bonds is 3. The number of alkyl halides is 1. The van der Waals surface area contributed by atoms with Crippen LogP contribution in [0.1, 0.15) is 0 Å². The molecule has 0 radical (unpaired) electrons. The molecule has 1 amide bonds. The van der Waals surface area contributed by atoms with Crippen molar-refractivity contribution in [2.75, 3.05) is 11.9 Å². The van der Waals surface area contributed by atoms with Crippen LogP contribution in [0.25, 0.3) is 0 Å². The second-order valence-electron chi connectivity index (χ2n) is 3.46. The molecule has 5 atom stereocenters. The van der Waals surface area contributed by atoms with Crippen LogP contribution in [0.3, 0.4) is 0 Å². The minimum absolute atomic E-state index is 0.00244. The molecular formula is C8H14BrNO6. The molecule has 1 saturated heterocycles. The minimum Gasteiger partial charge on any atom is -0.394 e. The van der Waals surface area contributed by atoms with Crippen LogP contribution in [0, 0.1) is 0 Å². The quantitative estimate of drug-likeness (QED) is 0.362. The lowest BCUT2D eigenvalue weighted by Crippen LogP contribution is -2.64. The van der Waals surface area contributed by atoms with Crippen molar-refractivity contribution in [3.05, 3.63) is 0 Å². The molecule has 1 heterocycles. The lowest BCUT2D eigenvalue weighted by molar-refractivity contribution is -0.253. The molecule has 0 saturated carbocycles. The van der Waals surface area contributed by atoms with Crippen LogP contribution in [0.2, 0.25) is 0 Å². The predicted octanol–water partition coefficient (Wildman–Crippen LogP) is -2.70. The van der Waals surface area contributed by atoms with Gasteiger partial charge in [0.25, 0.3) is 0 Å². The van der Waals surface area contributed by atoms with Crippen LogP contribution in [-0.2, 0) is 9.53 Å². The van der Waals surface area contributed by atoms with E-state index >= 15 is 0 Å². The van der Waals surface area contributed by atoms with Gasteiger partial charge in [0.15, 0.2) is 6.29 Å². The molecule has 1 rings (SSSR count). The molecule has 0 aromatic rings. The monoisotopic (exact) mass is 299 g/mol. The Hall–Kier alpha value is -0.250. The van der Waals surface area contributed by atoms with E-state index in [-0.39, 0.29) is 5.33 Å². The average Bonchev–Trinajstić information content (AvgIpc) is 2.28. The third kappa shape index (κ3) is 2.90. The van der Waals surface area contributed by atoms with Gasteiger partial charge in [-0.2, -0.15) is 0 Å². The van der Waals surface area contributed by atoms with Gasteiger partial charge in [0.1, 0.15) is 24.4 Å². The summed E-state index contributed by atoms with van der Waals surface area (Å²) >= 11 is 2.90. The summed E-state index contributed by atoms with van der Waals surface area (Å²) in [7, 11) is 0. The zero-order valence-corrected chi connectivity index (χ0v) is 9.87. The first-order valence-corrected chi connectivity index (χ1v) is 5.79. The van der Waals surface area contributed by atoms with Crippen molar-refractivity contribution in [2.45, 2.75) is 30.6 Å². The van der Waals surface area contributed by atoms with Crippen LogP contribution in [0.15, 0.2) is 0 Å². The number of halogens is 1. The highest BCUT2D eigenvalue weighted by Gasteiger charge is 2.44. The molecule has 0 bridgehead atoms. The van der Waals surface area contributed by atoms with E-state index in [1.165, 1.54) is 0 Å². The summed E-state index contributed by atoms with van der Waals surface area (Å²) in [5, 5.41) is 39.7. The van der Waals surface area contributed by atoms with E-state index in [1.807, 2.05) is 0 Å². The van der Waals surface area contributed by atoms with Crippen LogP contribution in [0.5, 0.6) is 0 Å². The largest absolute Gasteiger partial charge is 0.394 e. The Morgan fingerprint density at radius 3 is 2.44 bits per heavy atom. The summed E-state index contributed by atoms with van der Waals surface area (Å²) in [5.74, 6) is -0.457. The maximum atomic E-state index is 11.1. The molecule has 0 aromatic carbocycles. The smallest absolute Gasteiger partial charge is 0.231 e. The predicted molar refractivity (Wildman–Crippen MR) is 55.7 cm³/mol. The normalized spacial score (nSPS) is 39.4. The van der Waals surface area contributed by atoms with Crippen molar-refractivity contribution < 1.29 is 30.0 Å². The van der Waals surface area contributed by atoms with E-state index in [0.717, 1.165) is 0 Å². The number of carbonyl (C=O) groups is 1. The third-order valence-corrected chi connectivity index (χ3v) is 2.86. The van der Waals surface area contributed by atoms with Crippen LogP contribution in [0.4, 0.5) is 0 Å². The summed E-state index contributed by atoms with van der Waals surface area (Å²) in [6, 6.07) is -1.12. The molecule has 8 heteroatoms. The molecular weight excluding hydrogens is 286 g/mol. The number of nitrogens with one attached hydrogen (secondary N) is 1. The third-order valence-electron chi connectivity index (χ3n) is 2.35. The zero-order valence-electron chi connectivity index (χ0n) is 8.28. The number of amides is 1. The molecule has 1 aliphatic heterocycles. The van der Waals surface area contributed by atoms with E-state index in [4.69, 9.17) is 9.84 Å². The molecule has 0 aliphatic carbocycles. The Labute approximate surface area is 100 Å². The van der Waals surface area contributed by atoms with E-state index in [1.54, 1.807) is 0 Å². The van der Waals surface area contributed by atoms with E-state index < -0.39 is 43.2 Å². The fourth-order valence-corrected chi connectivity index (χ4v) is 1.64. The van der Waals surface area contributed by atoms with Gasteiger partial charge < -0.3 is 30.5 Å². The fraction of sp³-hybridized carbons (Fsp3) is 0.875. The maximum absolute atomic E-state index is 11.1. The summed E-state index contributed by atoms with van der Waals surface area (Å²) < 4.78 is 4.84. The van der Waals surface area contributed by atoms with Gasteiger partial charge in [0.05, 0.1) is 11.9 Å². The highest BCUT2D eigenvalue weighted by molar-refractivity contribution is 9.09. The zero-order chi connectivity index (χ0) is 12.3. The van der Waals surface area contributed by atoms with E-state index in [0.29, 0.717) is 0 Å². The van der Waals surface area contributed by atoms with Crippen LogP contribution < -0.4 is 5.32 Å². The Bertz CT molecular complexity index is 253. The summed E-state index contributed by atoms with van der Waals surface area (Å²) in [6.45, 7) is -0.533. The SMILES string of the molecule is O=C(CBr)N[C@@H]1[C@@H](O)[C@H](O)[C@@H](CO)O[C@H]1O. The van der Waals surface area contributed by atoms with E-state index in [2.05, 4.69) is 21.2 Å². The molecule has 0 aromatic heterocycles. The van der Waals surface area contributed by atoms with Crippen LogP contribution >= 0.6 is 15.9 Å². The first kappa shape index (κ1) is 13.8. The second-order valence-corrected chi connectivity index (χ2v) is 4.02. The standard InChI is InChI=1S/C8H14BrNO6/c9-1-4(12)10-5-7(14)6(13)3(2-11)16-8(5)15/h3,5-8,11,13-15H,1-2H2,(H,10,12)/t3-,5-,6-,7-,8-/m1/s1. The molecule has 1 aliphatic rings. The molecule has 0 spiro atoms. The number of hydrogen-bond acceptors (Lipinski definition) is 6. The first-order chi connectivity index (χ1) is 7.51. The number of carbonyl (C=O) groups excluding carboxylic acids is 1. The number of ether oxygens (including phenoxy) is 1. The van der Waals surface area contributed by atoms with Crippen molar-refractivity contribution >= 4 is 21.8 Å². The maximum Gasteiger partial charge on any atom is 0.231 e. The van der Waals surface area contributed by atoms with Gasteiger partial charge in [0, 0.05) is 0 Å². The lowest BCUT2D eigenvalue weighted by atomic mass is 9.97.